The van der Waals surface area contributed by atoms with E-state index in [-0.39, 0.29) is 35.0 Å². The van der Waals surface area contributed by atoms with Crippen LogP contribution in [-0.2, 0) is 33.0 Å². The minimum absolute atomic E-state index is 0. The summed E-state index contributed by atoms with van der Waals surface area (Å²) >= 11 is 0. The van der Waals surface area contributed by atoms with Crippen LogP contribution in [0.2, 0.25) is 0 Å². The average Bonchev–Trinajstić information content (AvgIpc) is 3.83. The monoisotopic (exact) mass is 640 g/mol. The molecule has 2 atom stereocenters. The van der Waals surface area contributed by atoms with Crippen LogP contribution >= 0.6 is 7.92 Å². The van der Waals surface area contributed by atoms with Crippen molar-refractivity contribution in [1.82, 2.24) is 9.88 Å². The number of aromatic nitrogens is 1. The van der Waals surface area contributed by atoms with Crippen molar-refractivity contribution >= 4 is 35.4 Å². The van der Waals surface area contributed by atoms with Crippen LogP contribution in [0.1, 0.15) is 24.1 Å². The average molecular weight is 641 g/mol. The van der Waals surface area contributed by atoms with E-state index < -0.39 is 7.92 Å². The summed E-state index contributed by atoms with van der Waals surface area (Å²) in [5.41, 5.74) is 4.71. The summed E-state index contributed by atoms with van der Waals surface area (Å²) in [6.45, 7) is 3.78. The first-order valence-electron chi connectivity index (χ1n) is 14.9. The number of nitrogens with zero attached hydrogens (tertiary/aromatic N) is 1. The fourth-order valence-corrected chi connectivity index (χ4v) is 8.78. The number of hydrogen-bond donors (Lipinski definition) is 1. The zero-order chi connectivity index (χ0) is 29.6. The second-order valence-electron chi connectivity index (χ2n) is 10.9. The third-order valence-electron chi connectivity index (χ3n) is 8.40. The van der Waals surface area contributed by atoms with Crippen molar-refractivity contribution in [2.24, 2.45) is 0 Å². The summed E-state index contributed by atoms with van der Waals surface area (Å²) in [4.78, 5) is 19.1. The summed E-state index contributed by atoms with van der Waals surface area (Å²) in [5.74, 6) is 0.800. The van der Waals surface area contributed by atoms with E-state index in [4.69, 9.17) is 4.74 Å². The van der Waals surface area contributed by atoms with Gasteiger partial charge in [0.05, 0.1) is 7.11 Å². The molecule has 2 fully saturated rings. The smallest absolute Gasteiger partial charge is 0.468 e. The molecule has 0 spiro atoms. The summed E-state index contributed by atoms with van der Waals surface area (Å²) in [5, 5.41) is 3.90. The zero-order valence-electron chi connectivity index (χ0n) is 25.0. The van der Waals surface area contributed by atoms with E-state index in [1.807, 2.05) is 38.2 Å². The van der Waals surface area contributed by atoms with Crippen LogP contribution in [0, 0.1) is 62.9 Å². The second-order valence-corrected chi connectivity index (χ2v) is 13.1. The van der Waals surface area contributed by atoms with Gasteiger partial charge in [0.1, 0.15) is 5.92 Å². The molecule has 3 aromatic carbocycles. The van der Waals surface area contributed by atoms with Gasteiger partial charge in [0.25, 0.3) is 0 Å². The Bertz CT molecular complexity index is 1430. The molecule has 4 nitrogen and oxygen atoms in total. The Morgan fingerprint density at radius 1 is 0.841 bits per heavy atom. The molecule has 1 unspecified atom stereocenters. The number of carbonyl (C=O) groups is 1. The van der Waals surface area contributed by atoms with Crippen LogP contribution < -0.4 is 10.6 Å². The maximum atomic E-state index is 13.1. The Morgan fingerprint density at radius 3 is 2.05 bits per heavy atom. The maximum Gasteiger partial charge on any atom is 2.00 e. The Kier molecular flexibility index (Phi) is 11.8. The van der Waals surface area contributed by atoms with E-state index >= 15 is 0 Å². The number of carbonyl (C=O) groups excluding carboxylic acids is 1. The molecule has 2 heterocycles. The Morgan fingerprint density at radius 2 is 1.43 bits per heavy atom. The van der Waals surface area contributed by atoms with Crippen molar-refractivity contribution in [2.45, 2.75) is 25.3 Å². The normalized spacial score (nSPS) is 19.9. The molecule has 6 heteroatoms. The zero-order valence-corrected chi connectivity index (χ0v) is 27.0. The fourth-order valence-electron chi connectivity index (χ4n) is 6.23. The number of nitrogens with one attached hydrogen (secondary N) is 1. The molecule has 0 bridgehead atoms. The van der Waals surface area contributed by atoms with Crippen LogP contribution in [-0.4, -0.2) is 42.1 Å². The van der Waals surface area contributed by atoms with Gasteiger partial charge in [-0.05, 0) is 94.9 Å². The van der Waals surface area contributed by atoms with Crippen molar-refractivity contribution in [3.05, 3.63) is 159 Å². The summed E-state index contributed by atoms with van der Waals surface area (Å²) in [7, 11) is 0.790. The first-order valence-corrected chi connectivity index (χ1v) is 16.2. The van der Waals surface area contributed by atoms with Gasteiger partial charge in [-0.15, -0.1) is 0 Å². The van der Waals surface area contributed by atoms with E-state index in [0.29, 0.717) is 6.54 Å². The minimum atomic E-state index is -0.702. The molecule has 2 saturated carbocycles. The molecule has 4 aromatic rings. The van der Waals surface area contributed by atoms with Crippen molar-refractivity contribution < 1.29 is 26.6 Å². The van der Waals surface area contributed by atoms with Crippen LogP contribution in [0.4, 0.5) is 0 Å². The number of benzene rings is 3. The number of rotatable bonds is 6. The third kappa shape index (κ3) is 7.18. The first-order chi connectivity index (χ1) is 21.2. The van der Waals surface area contributed by atoms with Gasteiger partial charge in [-0.3, -0.25) is 9.69 Å². The topological polar surface area (TPSA) is 45.3 Å². The summed E-state index contributed by atoms with van der Waals surface area (Å²) in [6, 6.07) is 30.2. The SMILES string of the molecule is COC(=O)C1CN([C@H](C)[C]2[CH][CH][CH][C]2P(c2ccccc2)c2ccccc2)CCc2c1[nH]c1ccccc21.[CH]1[CH][CH][CH][CH]1.[Fe+2]. The van der Waals surface area contributed by atoms with E-state index in [0.717, 1.165) is 24.2 Å². The standard InChI is InChI=1S/C33H32N2O2P.C5H5.Fe/c1-23(26-17-11-19-31(26)38(24-12-5-3-6-13-24)25-14-7-4-8-15-25)35-21-20-28-27-16-9-10-18-30(27)34-32(28)29(22-35)33(36)37-2;1-2-4-5-3-1;/h3-19,23,29,34H,20-22H2,1-2H3;1-5H;/q;;+2/t23-,29?;;/m1../s1. The van der Waals surface area contributed by atoms with Crippen molar-refractivity contribution in [3.8, 4) is 0 Å². The van der Waals surface area contributed by atoms with Gasteiger partial charge >= 0.3 is 23.0 Å². The van der Waals surface area contributed by atoms with Gasteiger partial charge in [0.2, 0.25) is 0 Å². The molecule has 1 aliphatic heterocycles. The van der Waals surface area contributed by atoms with E-state index in [1.54, 1.807) is 0 Å². The van der Waals surface area contributed by atoms with Gasteiger partial charge in [-0.2, -0.15) is 0 Å². The van der Waals surface area contributed by atoms with E-state index in [2.05, 4.69) is 115 Å². The van der Waals surface area contributed by atoms with Crippen LogP contribution in [0.5, 0.6) is 0 Å². The third-order valence-corrected chi connectivity index (χ3v) is 10.9. The summed E-state index contributed by atoms with van der Waals surface area (Å²) in [6.07, 6.45) is 17.6. The van der Waals surface area contributed by atoms with Crippen molar-refractivity contribution in [2.75, 3.05) is 20.2 Å². The molecule has 1 N–H and O–H groups in total. The number of methoxy groups -OCH3 is 1. The molecule has 2 aliphatic carbocycles. The van der Waals surface area contributed by atoms with Crippen LogP contribution in [0.15, 0.2) is 84.9 Å². The number of esters is 1. The van der Waals surface area contributed by atoms with Gasteiger partial charge in [-0.1, -0.05) is 78.9 Å². The molecular weight excluding hydrogens is 603 g/mol. The second kappa shape index (κ2) is 15.7. The van der Waals surface area contributed by atoms with Gasteiger partial charge in [0.15, 0.2) is 0 Å². The molecular formula is C38H37FeN2O2P+2. The molecule has 44 heavy (non-hydrogen) atoms. The van der Waals surface area contributed by atoms with Gasteiger partial charge < -0.3 is 9.72 Å². The Balaban J connectivity index is 0.000000584. The van der Waals surface area contributed by atoms with E-state index in [9.17, 15) is 4.79 Å². The number of fused-ring (bicyclic) bond motifs is 3. The molecule has 0 amide bonds. The van der Waals surface area contributed by atoms with Crippen LogP contribution in [0.3, 0.4) is 0 Å². The maximum absolute atomic E-state index is 13.1. The van der Waals surface area contributed by atoms with Crippen LogP contribution in [0.25, 0.3) is 10.9 Å². The number of hydrogen-bond acceptors (Lipinski definition) is 3. The largest absolute Gasteiger partial charge is 2.00 e. The molecule has 10 radical (unpaired) electrons. The molecule has 1 aromatic heterocycles. The molecule has 0 saturated heterocycles. The number of H-pyrrole nitrogens is 1. The van der Waals surface area contributed by atoms with Gasteiger partial charge in [-0.25, -0.2) is 0 Å². The quantitative estimate of drug-likeness (QED) is 0.148. The number of para-hydroxylation sites is 1. The summed E-state index contributed by atoms with van der Waals surface area (Å²) < 4.78 is 5.31. The van der Waals surface area contributed by atoms with E-state index in [1.165, 1.54) is 40.2 Å². The van der Waals surface area contributed by atoms with Crippen molar-refractivity contribution in [1.29, 1.82) is 0 Å². The number of ether oxygens (including phenoxy) is 1. The fraction of sp³-hybridized carbons (Fsp3) is 0.184. The molecule has 222 valence electrons. The molecule has 3 aliphatic rings. The van der Waals surface area contributed by atoms with Crippen molar-refractivity contribution in [3.63, 3.8) is 0 Å². The molecule has 7 rings (SSSR count). The number of aromatic amines is 1. The van der Waals surface area contributed by atoms with Gasteiger partial charge in [0, 0.05) is 47.3 Å². The first kappa shape index (κ1) is 33.0. The Hall–Kier alpha value is -2.42. The minimum Gasteiger partial charge on any atom is -0.468 e. The predicted octanol–water partition coefficient (Wildman–Crippen LogP) is 6.56. The Labute approximate surface area is 275 Å². The predicted molar refractivity (Wildman–Crippen MR) is 178 cm³/mol.